The number of aliphatic hydroxyl groups excluding tert-OH is 1. The van der Waals surface area contributed by atoms with Crippen molar-refractivity contribution in [3.05, 3.63) is 53.8 Å². The Morgan fingerprint density at radius 3 is 2.64 bits per heavy atom. The van der Waals surface area contributed by atoms with E-state index >= 15 is 0 Å². The zero-order valence-corrected chi connectivity index (χ0v) is 13.7. The third-order valence-corrected chi connectivity index (χ3v) is 3.60. The Kier molecular flexibility index (Phi) is 7.65. The SMILES string of the molecule is CCCCC=C=CC(C)(C(=O)OCC)C(O)c1ccccc1. The second-order valence-corrected chi connectivity index (χ2v) is 5.47. The Balaban J connectivity index is 3.06. The fourth-order valence-electron chi connectivity index (χ4n) is 2.14. The maximum absolute atomic E-state index is 12.3. The molecule has 0 aliphatic rings. The van der Waals surface area contributed by atoms with Gasteiger partial charge in [0.1, 0.15) is 5.41 Å². The van der Waals surface area contributed by atoms with Crippen molar-refractivity contribution in [2.24, 2.45) is 5.41 Å². The lowest BCUT2D eigenvalue weighted by molar-refractivity contribution is -0.157. The lowest BCUT2D eigenvalue weighted by atomic mass is 9.80. The summed E-state index contributed by atoms with van der Waals surface area (Å²) < 4.78 is 5.14. The zero-order chi connectivity index (χ0) is 16.4. The summed E-state index contributed by atoms with van der Waals surface area (Å²) in [6.45, 7) is 5.85. The first-order valence-electron chi connectivity index (χ1n) is 7.88. The fraction of sp³-hybridized carbons (Fsp3) is 0.474. The first-order chi connectivity index (χ1) is 10.6. The third-order valence-electron chi connectivity index (χ3n) is 3.60. The van der Waals surface area contributed by atoms with E-state index in [4.69, 9.17) is 4.74 Å². The Labute approximate surface area is 133 Å². The van der Waals surface area contributed by atoms with Crippen LogP contribution in [0, 0.1) is 5.41 Å². The molecule has 0 radical (unpaired) electrons. The highest BCUT2D eigenvalue weighted by atomic mass is 16.5. The van der Waals surface area contributed by atoms with Gasteiger partial charge in [0.15, 0.2) is 0 Å². The molecule has 1 N–H and O–H groups in total. The van der Waals surface area contributed by atoms with Crippen LogP contribution in [-0.2, 0) is 9.53 Å². The largest absolute Gasteiger partial charge is 0.465 e. The molecule has 0 amide bonds. The van der Waals surface area contributed by atoms with Crippen LogP contribution >= 0.6 is 0 Å². The molecule has 0 aromatic heterocycles. The first kappa shape index (κ1) is 18.2. The normalized spacial score (nSPS) is 14.4. The number of rotatable bonds is 8. The van der Waals surface area contributed by atoms with E-state index in [2.05, 4.69) is 12.7 Å². The summed E-state index contributed by atoms with van der Waals surface area (Å²) in [5.41, 5.74) is 2.57. The number of hydrogen-bond donors (Lipinski definition) is 1. The van der Waals surface area contributed by atoms with E-state index in [-0.39, 0.29) is 6.61 Å². The summed E-state index contributed by atoms with van der Waals surface area (Å²) >= 11 is 0. The van der Waals surface area contributed by atoms with Gasteiger partial charge in [-0.3, -0.25) is 4.79 Å². The highest BCUT2D eigenvalue weighted by Gasteiger charge is 2.40. The average molecular weight is 302 g/mol. The van der Waals surface area contributed by atoms with Gasteiger partial charge in [-0.2, -0.15) is 0 Å². The van der Waals surface area contributed by atoms with Crippen molar-refractivity contribution >= 4 is 5.97 Å². The number of esters is 1. The number of benzene rings is 1. The zero-order valence-electron chi connectivity index (χ0n) is 13.7. The van der Waals surface area contributed by atoms with E-state index in [0.29, 0.717) is 5.56 Å². The van der Waals surface area contributed by atoms with Crippen LogP contribution in [0.3, 0.4) is 0 Å². The summed E-state index contributed by atoms with van der Waals surface area (Å²) in [4.78, 5) is 12.3. The number of unbranched alkanes of at least 4 members (excludes halogenated alkanes) is 2. The van der Waals surface area contributed by atoms with Crippen LogP contribution in [0.4, 0.5) is 0 Å². The van der Waals surface area contributed by atoms with Crippen molar-refractivity contribution in [2.75, 3.05) is 6.61 Å². The average Bonchev–Trinajstić information content (AvgIpc) is 2.54. The second kappa shape index (κ2) is 9.24. The van der Waals surface area contributed by atoms with E-state index in [0.717, 1.165) is 19.3 Å². The smallest absolute Gasteiger partial charge is 0.319 e. The summed E-state index contributed by atoms with van der Waals surface area (Å²) in [7, 11) is 0. The number of ether oxygens (including phenoxy) is 1. The van der Waals surface area contributed by atoms with Crippen LogP contribution in [0.15, 0.2) is 48.2 Å². The molecule has 1 rings (SSSR count). The van der Waals surface area contributed by atoms with E-state index in [1.165, 1.54) is 0 Å². The van der Waals surface area contributed by atoms with Crippen molar-refractivity contribution in [1.82, 2.24) is 0 Å². The highest BCUT2D eigenvalue weighted by molar-refractivity contribution is 5.79. The summed E-state index contributed by atoms with van der Waals surface area (Å²) in [6.07, 6.45) is 5.66. The van der Waals surface area contributed by atoms with Gasteiger partial charge in [0.25, 0.3) is 0 Å². The van der Waals surface area contributed by atoms with Crippen molar-refractivity contribution in [2.45, 2.75) is 46.1 Å². The van der Waals surface area contributed by atoms with Crippen LogP contribution < -0.4 is 0 Å². The van der Waals surface area contributed by atoms with E-state index < -0.39 is 17.5 Å². The third kappa shape index (κ3) is 4.87. The fourth-order valence-corrected chi connectivity index (χ4v) is 2.14. The number of hydrogen-bond acceptors (Lipinski definition) is 3. The van der Waals surface area contributed by atoms with Crippen LogP contribution in [0.2, 0.25) is 0 Å². The lowest BCUT2D eigenvalue weighted by Crippen LogP contribution is -2.34. The molecular weight excluding hydrogens is 276 g/mol. The van der Waals surface area contributed by atoms with Gasteiger partial charge in [0.2, 0.25) is 0 Å². The van der Waals surface area contributed by atoms with Crippen molar-refractivity contribution < 1.29 is 14.6 Å². The predicted molar refractivity (Wildman–Crippen MR) is 88.3 cm³/mol. The predicted octanol–water partition coefficient (Wildman–Crippen LogP) is 4.19. The summed E-state index contributed by atoms with van der Waals surface area (Å²) in [5.74, 6) is -0.442. The molecule has 0 bridgehead atoms. The molecule has 2 unspecified atom stereocenters. The first-order valence-corrected chi connectivity index (χ1v) is 7.88. The van der Waals surface area contributed by atoms with Crippen molar-refractivity contribution in [3.63, 3.8) is 0 Å². The molecule has 0 heterocycles. The van der Waals surface area contributed by atoms with Crippen molar-refractivity contribution in [1.29, 1.82) is 0 Å². The van der Waals surface area contributed by atoms with Gasteiger partial charge in [0, 0.05) is 0 Å². The molecule has 0 saturated carbocycles. The highest BCUT2D eigenvalue weighted by Crippen LogP contribution is 2.36. The number of aliphatic hydroxyl groups is 1. The second-order valence-electron chi connectivity index (χ2n) is 5.47. The minimum absolute atomic E-state index is 0.281. The summed E-state index contributed by atoms with van der Waals surface area (Å²) in [6, 6.07) is 9.15. The Bertz CT molecular complexity index is 515. The molecule has 0 spiro atoms. The number of carbonyl (C=O) groups is 1. The maximum Gasteiger partial charge on any atom is 0.319 e. The summed E-state index contributed by atoms with van der Waals surface area (Å²) in [5, 5.41) is 10.7. The maximum atomic E-state index is 12.3. The molecule has 3 heteroatoms. The number of carbonyl (C=O) groups excluding carboxylic acids is 1. The van der Waals surface area contributed by atoms with Gasteiger partial charge >= 0.3 is 5.97 Å². The molecule has 0 aliphatic heterocycles. The molecule has 120 valence electrons. The van der Waals surface area contributed by atoms with Crippen LogP contribution in [0.1, 0.15) is 51.7 Å². The molecule has 0 fully saturated rings. The van der Waals surface area contributed by atoms with E-state index in [1.54, 1.807) is 32.1 Å². The van der Waals surface area contributed by atoms with Crippen molar-refractivity contribution in [3.8, 4) is 0 Å². The van der Waals surface area contributed by atoms with Gasteiger partial charge in [-0.05, 0) is 44.4 Å². The molecule has 1 aromatic rings. The van der Waals surface area contributed by atoms with Crippen LogP contribution in [-0.4, -0.2) is 17.7 Å². The Morgan fingerprint density at radius 1 is 1.36 bits per heavy atom. The molecule has 22 heavy (non-hydrogen) atoms. The molecule has 3 nitrogen and oxygen atoms in total. The van der Waals surface area contributed by atoms with Crippen LogP contribution in [0.5, 0.6) is 0 Å². The van der Waals surface area contributed by atoms with Gasteiger partial charge in [-0.25, -0.2) is 0 Å². The Morgan fingerprint density at radius 2 is 2.05 bits per heavy atom. The standard InChI is InChI=1S/C19H26O3/c1-4-6-7-8-12-15-19(3,18(21)22-5-2)17(20)16-13-10-9-11-14-16/h8-11,13-15,17,20H,4-7H2,1-3H3. The molecule has 0 aliphatic carbocycles. The van der Waals surface area contributed by atoms with E-state index in [1.807, 2.05) is 24.3 Å². The van der Waals surface area contributed by atoms with Gasteiger partial charge in [-0.15, -0.1) is 5.73 Å². The quantitative estimate of drug-likeness (QED) is 0.445. The van der Waals surface area contributed by atoms with Gasteiger partial charge in [0.05, 0.1) is 12.7 Å². The monoisotopic (exact) mass is 302 g/mol. The molecular formula is C19H26O3. The van der Waals surface area contributed by atoms with Gasteiger partial charge < -0.3 is 9.84 Å². The van der Waals surface area contributed by atoms with Crippen LogP contribution in [0.25, 0.3) is 0 Å². The molecule has 1 aromatic carbocycles. The molecule has 2 atom stereocenters. The minimum Gasteiger partial charge on any atom is -0.465 e. The topological polar surface area (TPSA) is 46.5 Å². The lowest BCUT2D eigenvalue weighted by Gasteiger charge is -2.28. The Hall–Kier alpha value is -1.83. The van der Waals surface area contributed by atoms with E-state index in [9.17, 15) is 9.90 Å². The van der Waals surface area contributed by atoms with Gasteiger partial charge in [-0.1, -0.05) is 43.7 Å². The minimum atomic E-state index is -1.15. The molecule has 0 saturated heterocycles.